The van der Waals surface area contributed by atoms with Crippen LogP contribution in [0.4, 0.5) is 13.2 Å². The summed E-state index contributed by atoms with van der Waals surface area (Å²) in [4.78, 5) is 31.6. The third-order valence-corrected chi connectivity index (χ3v) is 17.4. The van der Waals surface area contributed by atoms with Crippen LogP contribution in [-0.4, -0.2) is 79.5 Å². The Morgan fingerprint density at radius 3 is 2.20 bits per heavy atom. The topological polar surface area (TPSA) is 163 Å². The number of alkyl halides is 3. The van der Waals surface area contributed by atoms with E-state index < -0.39 is 29.6 Å². The molecular weight excluding hydrogens is 776 g/mol. The van der Waals surface area contributed by atoms with Gasteiger partial charge in [-0.15, -0.1) is 0 Å². The quantitative estimate of drug-likeness (QED) is 0.218. The summed E-state index contributed by atoms with van der Waals surface area (Å²) in [6.07, 6.45) is 8.19. The first-order valence-corrected chi connectivity index (χ1v) is 21.6. The second-order valence-electron chi connectivity index (χ2n) is 21.6. The van der Waals surface area contributed by atoms with Crippen molar-refractivity contribution in [3.8, 4) is 11.4 Å². The van der Waals surface area contributed by atoms with Gasteiger partial charge in [0.05, 0.1) is 37.9 Å². The van der Waals surface area contributed by atoms with Crippen molar-refractivity contribution in [2.45, 2.75) is 139 Å². The van der Waals surface area contributed by atoms with Crippen molar-refractivity contribution >= 4 is 11.9 Å². The van der Waals surface area contributed by atoms with Gasteiger partial charge in [-0.1, -0.05) is 80.9 Å². The van der Waals surface area contributed by atoms with Crippen molar-refractivity contribution in [3.05, 3.63) is 42.5 Å². The average molecular weight is 844 g/mol. The summed E-state index contributed by atoms with van der Waals surface area (Å²) in [6.45, 7) is 26.6. The number of hydrogen-bond donors (Lipinski definition) is 3. The highest BCUT2D eigenvalue weighted by atomic mass is 19.4. The molecule has 5 aliphatic rings. The van der Waals surface area contributed by atoms with Crippen LogP contribution in [-0.2, 0) is 19.1 Å². The number of aromatic nitrogens is 4. The molecule has 12 atom stereocenters. The molecule has 4 aliphatic carbocycles. The van der Waals surface area contributed by atoms with Crippen molar-refractivity contribution in [2.24, 2.45) is 67.8 Å². The van der Waals surface area contributed by atoms with E-state index in [1.165, 1.54) is 5.57 Å². The number of pyridine rings is 1. The number of carbonyl (C=O) groups is 2. The molecule has 3 saturated carbocycles. The third-order valence-electron chi connectivity index (χ3n) is 17.4. The Morgan fingerprint density at radius 2 is 1.63 bits per heavy atom. The Labute approximate surface area is 353 Å². The van der Waals surface area contributed by atoms with Crippen molar-refractivity contribution in [2.75, 3.05) is 19.8 Å². The summed E-state index contributed by atoms with van der Waals surface area (Å²) >= 11 is 0. The fraction of sp³-hybridized carbons (Fsp3) is 0.761. The lowest BCUT2D eigenvalue weighted by molar-refractivity contribution is -0.253. The van der Waals surface area contributed by atoms with Gasteiger partial charge in [-0.05, 0) is 103 Å². The zero-order chi connectivity index (χ0) is 44.6. The SMILES string of the molecule is CC(C)[C@@H](C)[C@@]1(C)CC[C@]2(C)[C@H]3CC[C@@H]4[C@@]5(COC[C@@]4(C)[C@@H](OC[C@](C)(N)C(C)(C)C)[C@H](n4ncnc4-c4ccncc4)C5)C3=CC[C@@]2(C)[C@@H]1C(=O)O.O=C(O)C(F)(F)F. The van der Waals surface area contributed by atoms with Gasteiger partial charge in [0.2, 0.25) is 0 Å². The Kier molecular flexibility index (Phi) is 11.9. The van der Waals surface area contributed by atoms with Gasteiger partial charge in [0.1, 0.15) is 6.33 Å². The van der Waals surface area contributed by atoms with Crippen LogP contribution in [0.5, 0.6) is 0 Å². The van der Waals surface area contributed by atoms with E-state index in [1.54, 1.807) is 6.33 Å². The minimum Gasteiger partial charge on any atom is -0.481 e. The van der Waals surface area contributed by atoms with E-state index in [-0.39, 0.29) is 50.6 Å². The molecule has 4 fully saturated rings. The minimum atomic E-state index is -5.08. The van der Waals surface area contributed by atoms with Gasteiger partial charge in [0.25, 0.3) is 0 Å². The number of hydrogen-bond acceptors (Lipinski definition) is 8. The molecule has 2 aromatic heterocycles. The Balaban J connectivity index is 0.000000793. The van der Waals surface area contributed by atoms with E-state index in [0.29, 0.717) is 37.6 Å². The van der Waals surface area contributed by atoms with Crippen molar-refractivity contribution in [1.82, 2.24) is 19.7 Å². The molecule has 1 saturated heterocycles. The maximum Gasteiger partial charge on any atom is 0.490 e. The molecular formula is C46H68F3N5O6. The second-order valence-corrected chi connectivity index (χ2v) is 21.6. The molecule has 0 spiro atoms. The highest BCUT2D eigenvalue weighted by Gasteiger charge is 2.72. The van der Waals surface area contributed by atoms with Gasteiger partial charge in [0, 0.05) is 34.3 Å². The number of ether oxygens (including phenoxy) is 2. The van der Waals surface area contributed by atoms with Crippen LogP contribution >= 0.6 is 0 Å². The van der Waals surface area contributed by atoms with Crippen molar-refractivity contribution in [1.29, 1.82) is 0 Å². The van der Waals surface area contributed by atoms with Gasteiger partial charge < -0.3 is 25.4 Å². The standard InChI is InChI=1S/C44H67N5O4.C2HF3O2/c1-27(2)28(3)39(7)18-19-41(9)30-12-13-33-40(8)23-52-25-44(33,31(30)14-17-42(41,10)34(39)37(50)51)22-32(35(40)53-24-43(11,45)38(4,5)6)49-36(47-26-48-49)29-15-20-46-21-16-29;3-2(4,5)1(6)7/h14-16,20-21,26-28,30,32-35H,12-13,17-19,22-25,45H2,1-11H3,(H,50,51);(H,6,7)/t28-,30+,32-,33+,34-,35+,39-,40-,41-,42+,43+,44+;/m1./s1. The maximum atomic E-state index is 13.6. The van der Waals surface area contributed by atoms with Crippen LogP contribution in [0, 0.1) is 62.1 Å². The van der Waals surface area contributed by atoms with Crippen molar-refractivity contribution in [3.63, 3.8) is 0 Å². The van der Waals surface area contributed by atoms with Gasteiger partial charge in [-0.2, -0.15) is 18.3 Å². The number of carboxylic acid groups (broad SMARTS) is 2. The third kappa shape index (κ3) is 7.21. The molecule has 0 amide bonds. The minimum absolute atomic E-state index is 0.115. The van der Waals surface area contributed by atoms with E-state index >= 15 is 0 Å². The number of nitrogens with two attached hydrogens (primary N) is 1. The molecule has 11 nitrogen and oxygen atoms in total. The number of aliphatic carboxylic acids is 2. The molecule has 2 aromatic rings. The molecule has 0 radical (unpaired) electrons. The van der Waals surface area contributed by atoms with E-state index in [1.807, 2.05) is 24.5 Å². The predicted molar refractivity (Wildman–Crippen MR) is 221 cm³/mol. The zero-order valence-corrected chi connectivity index (χ0v) is 37.4. The Bertz CT molecular complexity index is 1950. The molecule has 4 N–H and O–H groups in total. The summed E-state index contributed by atoms with van der Waals surface area (Å²) in [5, 5.41) is 23.2. The van der Waals surface area contributed by atoms with Crippen LogP contribution in [0.1, 0.15) is 121 Å². The molecule has 1 aliphatic heterocycles. The molecule has 60 heavy (non-hydrogen) atoms. The van der Waals surface area contributed by atoms with Gasteiger partial charge in [-0.25, -0.2) is 14.5 Å². The fourth-order valence-corrected chi connectivity index (χ4v) is 12.8. The first-order chi connectivity index (χ1) is 27.6. The number of allylic oxidation sites excluding steroid dienone is 1. The molecule has 7 rings (SSSR count). The summed E-state index contributed by atoms with van der Waals surface area (Å²) < 4.78 is 47.9. The van der Waals surface area contributed by atoms with Crippen LogP contribution in [0.15, 0.2) is 42.5 Å². The summed E-state index contributed by atoms with van der Waals surface area (Å²) in [5.41, 5.74) is 7.43. The highest BCUT2D eigenvalue weighted by Crippen LogP contribution is 2.75. The monoisotopic (exact) mass is 844 g/mol. The molecule has 0 aromatic carbocycles. The lowest BCUT2D eigenvalue weighted by Gasteiger charge is -2.71. The van der Waals surface area contributed by atoms with Crippen LogP contribution in [0.3, 0.4) is 0 Å². The molecule has 334 valence electrons. The molecule has 14 heteroatoms. The second kappa shape index (κ2) is 15.5. The van der Waals surface area contributed by atoms with Crippen LogP contribution < -0.4 is 5.73 Å². The smallest absolute Gasteiger partial charge is 0.481 e. The van der Waals surface area contributed by atoms with E-state index in [0.717, 1.165) is 49.9 Å². The number of rotatable bonds is 8. The highest BCUT2D eigenvalue weighted by molar-refractivity contribution is 5.73. The number of fused-ring (bicyclic) bond motifs is 3. The summed E-state index contributed by atoms with van der Waals surface area (Å²) in [6, 6.07) is 3.89. The largest absolute Gasteiger partial charge is 0.490 e. The average Bonchev–Trinajstić information content (AvgIpc) is 3.64. The fourth-order valence-electron chi connectivity index (χ4n) is 12.8. The Hall–Kier alpha value is -3.36. The first kappa shape index (κ1) is 46.2. The van der Waals surface area contributed by atoms with Crippen molar-refractivity contribution < 1.29 is 42.4 Å². The molecule has 2 bridgehead atoms. The van der Waals surface area contributed by atoms with Gasteiger partial charge in [0.15, 0.2) is 5.82 Å². The lowest BCUT2D eigenvalue weighted by atomic mass is 9.34. The summed E-state index contributed by atoms with van der Waals surface area (Å²) in [7, 11) is 0. The number of nitrogens with zero attached hydrogens (tertiary/aromatic N) is 4. The summed E-state index contributed by atoms with van der Waals surface area (Å²) in [5.74, 6) is -1.64. The van der Waals surface area contributed by atoms with E-state index in [9.17, 15) is 23.1 Å². The first-order valence-electron chi connectivity index (χ1n) is 21.6. The number of halogens is 3. The van der Waals surface area contributed by atoms with Crippen LogP contribution in [0.2, 0.25) is 0 Å². The van der Waals surface area contributed by atoms with E-state index in [2.05, 4.69) is 91.9 Å². The maximum absolute atomic E-state index is 13.6. The molecule has 0 unspecified atom stereocenters. The zero-order valence-electron chi connectivity index (χ0n) is 37.4. The Morgan fingerprint density at radius 1 is 1.00 bits per heavy atom. The number of carboxylic acids is 2. The lowest BCUT2D eigenvalue weighted by Crippen LogP contribution is -2.69. The van der Waals surface area contributed by atoms with Gasteiger partial charge >= 0.3 is 18.1 Å². The molecule has 3 heterocycles. The normalized spacial score (nSPS) is 37.9. The van der Waals surface area contributed by atoms with Crippen LogP contribution in [0.25, 0.3) is 11.4 Å². The van der Waals surface area contributed by atoms with E-state index in [4.69, 9.17) is 35.2 Å². The predicted octanol–water partition coefficient (Wildman–Crippen LogP) is 9.25. The van der Waals surface area contributed by atoms with Gasteiger partial charge in [-0.3, -0.25) is 9.78 Å².